The van der Waals surface area contributed by atoms with E-state index in [4.69, 9.17) is 0 Å². The predicted octanol–water partition coefficient (Wildman–Crippen LogP) is 3.22. The first-order valence-electron chi connectivity index (χ1n) is 8.05. The summed E-state index contributed by atoms with van der Waals surface area (Å²) in [5.74, 6) is 0. The summed E-state index contributed by atoms with van der Waals surface area (Å²) in [4.78, 5) is 5.04. The van der Waals surface area contributed by atoms with Crippen LogP contribution in [0.5, 0.6) is 0 Å². The van der Waals surface area contributed by atoms with E-state index in [1.54, 1.807) is 16.7 Å². The number of hydrogen-bond acceptors (Lipinski definition) is 2. The van der Waals surface area contributed by atoms with Crippen LogP contribution in [-0.2, 0) is 18.3 Å². The van der Waals surface area contributed by atoms with Gasteiger partial charge in [-0.05, 0) is 54.5 Å². The molecule has 0 spiro atoms. The Bertz CT molecular complexity index is 491. The first-order chi connectivity index (χ1) is 9.47. The van der Waals surface area contributed by atoms with Gasteiger partial charge >= 0.3 is 0 Å². The standard InChI is InChI=1S/C18H28N2/c1-18(2,3)16-8-9-17(15-7-5-6-14(15)16)20-12-10-19(4)11-13-20/h8-9H,5-7,10-13H2,1-4H3. The molecule has 2 aliphatic rings. The highest BCUT2D eigenvalue weighted by Gasteiger charge is 2.27. The molecule has 0 bridgehead atoms. The summed E-state index contributed by atoms with van der Waals surface area (Å²) in [6, 6.07) is 4.80. The van der Waals surface area contributed by atoms with E-state index in [9.17, 15) is 0 Å². The van der Waals surface area contributed by atoms with Crippen LogP contribution in [0.4, 0.5) is 5.69 Å². The molecule has 1 saturated heterocycles. The van der Waals surface area contributed by atoms with E-state index in [1.165, 1.54) is 51.1 Å². The number of fused-ring (bicyclic) bond motifs is 1. The molecule has 1 aromatic carbocycles. The molecule has 110 valence electrons. The minimum Gasteiger partial charge on any atom is -0.369 e. The van der Waals surface area contributed by atoms with E-state index < -0.39 is 0 Å². The van der Waals surface area contributed by atoms with Gasteiger partial charge in [0.15, 0.2) is 0 Å². The van der Waals surface area contributed by atoms with Gasteiger partial charge in [-0.25, -0.2) is 0 Å². The van der Waals surface area contributed by atoms with Gasteiger partial charge in [-0.1, -0.05) is 26.8 Å². The van der Waals surface area contributed by atoms with Crippen LogP contribution in [0.2, 0.25) is 0 Å². The van der Waals surface area contributed by atoms with Crippen molar-refractivity contribution >= 4 is 5.69 Å². The van der Waals surface area contributed by atoms with Crippen LogP contribution >= 0.6 is 0 Å². The Morgan fingerprint density at radius 1 is 0.900 bits per heavy atom. The summed E-state index contributed by atoms with van der Waals surface area (Å²) < 4.78 is 0. The molecule has 1 heterocycles. The number of nitrogens with zero attached hydrogens (tertiary/aromatic N) is 2. The third-order valence-corrected chi connectivity index (χ3v) is 4.91. The Morgan fingerprint density at radius 3 is 2.20 bits per heavy atom. The molecule has 2 nitrogen and oxygen atoms in total. The third kappa shape index (κ3) is 2.46. The summed E-state index contributed by atoms with van der Waals surface area (Å²) >= 11 is 0. The smallest absolute Gasteiger partial charge is 0.0402 e. The lowest BCUT2D eigenvalue weighted by Gasteiger charge is -2.36. The molecule has 20 heavy (non-hydrogen) atoms. The summed E-state index contributed by atoms with van der Waals surface area (Å²) in [6.45, 7) is 11.8. The Morgan fingerprint density at radius 2 is 1.55 bits per heavy atom. The number of likely N-dealkylation sites (N-methyl/N-ethyl adjacent to an activating group) is 1. The van der Waals surface area contributed by atoms with Gasteiger partial charge in [0.2, 0.25) is 0 Å². The molecule has 0 unspecified atom stereocenters. The Labute approximate surface area is 123 Å². The van der Waals surface area contributed by atoms with Crippen molar-refractivity contribution in [2.75, 3.05) is 38.1 Å². The number of rotatable bonds is 1. The summed E-state index contributed by atoms with van der Waals surface area (Å²) in [5, 5.41) is 0. The fourth-order valence-electron chi connectivity index (χ4n) is 3.73. The second kappa shape index (κ2) is 5.07. The SMILES string of the molecule is CN1CCN(c2ccc(C(C)(C)C)c3c2CCC3)CC1. The van der Waals surface area contributed by atoms with Crippen molar-refractivity contribution in [1.82, 2.24) is 4.90 Å². The average Bonchev–Trinajstić information content (AvgIpc) is 2.86. The minimum atomic E-state index is 0.273. The second-order valence-electron chi connectivity index (χ2n) is 7.48. The van der Waals surface area contributed by atoms with Gasteiger partial charge in [0.1, 0.15) is 0 Å². The zero-order valence-corrected chi connectivity index (χ0v) is 13.5. The van der Waals surface area contributed by atoms with Crippen LogP contribution in [0.25, 0.3) is 0 Å². The van der Waals surface area contributed by atoms with E-state index >= 15 is 0 Å². The minimum absolute atomic E-state index is 0.273. The zero-order chi connectivity index (χ0) is 14.3. The first-order valence-corrected chi connectivity index (χ1v) is 8.05. The zero-order valence-electron chi connectivity index (χ0n) is 13.5. The van der Waals surface area contributed by atoms with Crippen molar-refractivity contribution in [2.24, 2.45) is 0 Å². The lowest BCUT2D eigenvalue weighted by molar-refractivity contribution is 0.312. The fraction of sp³-hybridized carbons (Fsp3) is 0.667. The molecule has 1 fully saturated rings. The highest BCUT2D eigenvalue weighted by atomic mass is 15.2. The van der Waals surface area contributed by atoms with Gasteiger partial charge in [-0.2, -0.15) is 0 Å². The monoisotopic (exact) mass is 272 g/mol. The number of anilines is 1. The van der Waals surface area contributed by atoms with Crippen molar-refractivity contribution in [3.05, 3.63) is 28.8 Å². The fourth-order valence-corrected chi connectivity index (χ4v) is 3.73. The molecular weight excluding hydrogens is 244 g/mol. The van der Waals surface area contributed by atoms with Gasteiger partial charge in [-0.15, -0.1) is 0 Å². The van der Waals surface area contributed by atoms with Gasteiger partial charge in [0.25, 0.3) is 0 Å². The average molecular weight is 272 g/mol. The van der Waals surface area contributed by atoms with Gasteiger partial charge in [0, 0.05) is 31.9 Å². The molecule has 2 heteroatoms. The maximum atomic E-state index is 2.61. The van der Waals surface area contributed by atoms with Crippen molar-refractivity contribution < 1.29 is 0 Å². The number of hydrogen-bond donors (Lipinski definition) is 0. The Hall–Kier alpha value is -1.02. The first kappa shape index (κ1) is 13.9. The normalized spacial score (nSPS) is 20.3. The largest absolute Gasteiger partial charge is 0.369 e. The predicted molar refractivity (Wildman–Crippen MR) is 86.9 cm³/mol. The van der Waals surface area contributed by atoms with E-state index in [2.05, 4.69) is 49.8 Å². The Balaban J connectivity index is 1.96. The molecule has 0 atom stereocenters. The molecule has 3 rings (SSSR count). The lowest BCUT2D eigenvalue weighted by Crippen LogP contribution is -2.44. The van der Waals surface area contributed by atoms with E-state index in [1.807, 2.05) is 0 Å². The van der Waals surface area contributed by atoms with Gasteiger partial charge in [0.05, 0.1) is 0 Å². The van der Waals surface area contributed by atoms with Crippen LogP contribution in [-0.4, -0.2) is 38.1 Å². The second-order valence-corrected chi connectivity index (χ2v) is 7.48. The van der Waals surface area contributed by atoms with Crippen LogP contribution < -0.4 is 4.90 Å². The van der Waals surface area contributed by atoms with Crippen LogP contribution in [0, 0.1) is 0 Å². The topological polar surface area (TPSA) is 6.48 Å². The van der Waals surface area contributed by atoms with Crippen LogP contribution in [0.3, 0.4) is 0 Å². The third-order valence-electron chi connectivity index (χ3n) is 4.91. The van der Waals surface area contributed by atoms with E-state index in [0.29, 0.717) is 0 Å². The molecule has 1 aliphatic carbocycles. The molecule has 0 amide bonds. The molecule has 1 aliphatic heterocycles. The molecule has 0 saturated carbocycles. The van der Waals surface area contributed by atoms with E-state index in [-0.39, 0.29) is 5.41 Å². The highest BCUT2D eigenvalue weighted by molar-refractivity contribution is 5.62. The maximum Gasteiger partial charge on any atom is 0.0402 e. The van der Waals surface area contributed by atoms with Gasteiger partial charge < -0.3 is 9.80 Å². The maximum absolute atomic E-state index is 2.61. The van der Waals surface area contributed by atoms with Gasteiger partial charge in [-0.3, -0.25) is 0 Å². The van der Waals surface area contributed by atoms with Crippen molar-refractivity contribution in [3.8, 4) is 0 Å². The summed E-state index contributed by atoms with van der Waals surface area (Å²) in [7, 11) is 2.23. The number of benzene rings is 1. The number of piperazine rings is 1. The molecular formula is C18H28N2. The molecule has 0 radical (unpaired) electrons. The molecule has 0 N–H and O–H groups in total. The van der Waals surface area contributed by atoms with Crippen molar-refractivity contribution in [3.63, 3.8) is 0 Å². The van der Waals surface area contributed by atoms with E-state index in [0.717, 1.165) is 0 Å². The summed E-state index contributed by atoms with van der Waals surface area (Å²) in [6.07, 6.45) is 3.90. The van der Waals surface area contributed by atoms with Crippen molar-refractivity contribution in [2.45, 2.75) is 45.4 Å². The highest BCUT2D eigenvalue weighted by Crippen LogP contribution is 2.38. The lowest BCUT2D eigenvalue weighted by atomic mass is 9.82. The van der Waals surface area contributed by atoms with Crippen LogP contribution in [0.15, 0.2) is 12.1 Å². The quantitative estimate of drug-likeness (QED) is 0.774. The molecule has 1 aromatic rings. The molecule has 0 aromatic heterocycles. The Kier molecular flexibility index (Phi) is 3.53. The van der Waals surface area contributed by atoms with Crippen molar-refractivity contribution in [1.29, 1.82) is 0 Å². The van der Waals surface area contributed by atoms with Crippen LogP contribution in [0.1, 0.15) is 43.9 Å². The summed E-state index contributed by atoms with van der Waals surface area (Å²) in [5.41, 5.74) is 6.69.